The van der Waals surface area contributed by atoms with E-state index < -0.39 is 0 Å². The van der Waals surface area contributed by atoms with Gasteiger partial charge in [0.05, 0.1) is 19.7 Å². The van der Waals surface area contributed by atoms with Crippen LogP contribution in [-0.2, 0) is 19.6 Å². The minimum absolute atomic E-state index is 0.0316. The Balaban J connectivity index is 1.58. The molecule has 25 heavy (non-hydrogen) atoms. The van der Waals surface area contributed by atoms with E-state index in [0.29, 0.717) is 13.1 Å². The third-order valence-corrected chi connectivity index (χ3v) is 4.25. The Hall–Kier alpha value is -2.53. The second kappa shape index (κ2) is 8.53. The van der Waals surface area contributed by atoms with Crippen LogP contribution >= 0.6 is 0 Å². The maximum absolute atomic E-state index is 9.42. The smallest absolute Gasteiger partial charge is 0.191 e. The number of benzene rings is 2. The highest BCUT2D eigenvalue weighted by molar-refractivity contribution is 5.79. The number of hydrogen-bond donors (Lipinski definition) is 3. The predicted octanol–water partition coefficient (Wildman–Crippen LogP) is 2.24. The van der Waals surface area contributed by atoms with Crippen LogP contribution < -0.4 is 15.4 Å². The maximum Gasteiger partial charge on any atom is 0.191 e. The molecule has 3 N–H and O–H groups in total. The van der Waals surface area contributed by atoms with Crippen molar-refractivity contribution in [3.63, 3.8) is 0 Å². The van der Waals surface area contributed by atoms with Crippen LogP contribution in [0.25, 0.3) is 0 Å². The Bertz CT molecular complexity index is 705. The number of aliphatic hydroxyl groups excluding tert-OH is 1. The fourth-order valence-electron chi connectivity index (χ4n) is 2.95. The Morgan fingerprint density at radius 2 is 1.88 bits per heavy atom. The average molecular weight is 339 g/mol. The molecule has 0 bridgehead atoms. The number of nitrogens with one attached hydrogen (secondary N) is 2. The highest BCUT2D eigenvalue weighted by Gasteiger charge is 2.22. The molecule has 5 nitrogen and oxygen atoms in total. The van der Waals surface area contributed by atoms with Crippen LogP contribution in [0, 0.1) is 0 Å². The Labute approximate surface area is 148 Å². The van der Waals surface area contributed by atoms with Crippen LogP contribution in [0.15, 0.2) is 53.5 Å². The van der Waals surface area contributed by atoms with Crippen molar-refractivity contribution < 1.29 is 9.84 Å². The average Bonchev–Trinajstić information content (AvgIpc) is 3.07. The normalized spacial score (nSPS) is 16.2. The van der Waals surface area contributed by atoms with E-state index in [1.165, 1.54) is 5.56 Å². The van der Waals surface area contributed by atoms with Gasteiger partial charge in [-0.25, -0.2) is 4.99 Å². The van der Waals surface area contributed by atoms with Crippen molar-refractivity contribution in [1.82, 2.24) is 10.6 Å². The number of aliphatic imine (C=N–C) groups is 1. The number of aliphatic hydroxyl groups is 1. The van der Waals surface area contributed by atoms with E-state index in [4.69, 9.17) is 4.74 Å². The van der Waals surface area contributed by atoms with E-state index >= 15 is 0 Å². The van der Waals surface area contributed by atoms with Crippen molar-refractivity contribution in [2.45, 2.75) is 32.6 Å². The topological polar surface area (TPSA) is 65.9 Å². The second-order valence-electron chi connectivity index (χ2n) is 6.05. The van der Waals surface area contributed by atoms with Crippen molar-refractivity contribution >= 4 is 5.96 Å². The van der Waals surface area contributed by atoms with E-state index in [0.717, 1.165) is 35.8 Å². The van der Waals surface area contributed by atoms with Gasteiger partial charge in [0.25, 0.3) is 0 Å². The molecule has 1 heterocycles. The standard InChI is InChI=1S/C20H25N3O2/c1-2-21-20(22-12-16-8-3-4-9-17(16)14-24)23-13-18-11-15-7-5-6-10-19(15)25-18/h3-10,18,24H,2,11-14H2,1H3,(H2,21,22,23). The molecule has 1 unspecified atom stereocenters. The molecule has 5 heteroatoms. The molecule has 1 aliphatic heterocycles. The summed E-state index contributed by atoms with van der Waals surface area (Å²) in [6, 6.07) is 16.0. The number of para-hydroxylation sites is 1. The fraction of sp³-hybridized carbons (Fsp3) is 0.350. The van der Waals surface area contributed by atoms with Gasteiger partial charge >= 0.3 is 0 Å². The number of nitrogens with zero attached hydrogens (tertiary/aromatic N) is 1. The molecule has 0 aromatic heterocycles. The zero-order chi connectivity index (χ0) is 17.5. The molecule has 0 amide bonds. The van der Waals surface area contributed by atoms with Gasteiger partial charge in [0.15, 0.2) is 5.96 Å². The van der Waals surface area contributed by atoms with Gasteiger partial charge < -0.3 is 20.5 Å². The van der Waals surface area contributed by atoms with Crippen molar-refractivity contribution in [3.05, 3.63) is 65.2 Å². The molecule has 0 fully saturated rings. The van der Waals surface area contributed by atoms with Gasteiger partial charge in [0.2, 0.25) is 0 Å². The molecular formula is C20H25N3O2. The van der Waals surface area contributed by atoms with Crippen molar-refractivity contribution in [2.75, 3.05) is 13.1 Å². The van der Waals surface area contributed by atoms with Crippen LogP contribution in [0.4, 0.5) is 0 Å². The Morgan fingerprint density at radius 1 is 1.12 bits per heavy atom. The van der Waals surface area contributed by atoms with Crippen LogP contribution in [0.5, 0.6) is 5.75 Å². The van der Waals surface area contributed by atoms with Gasteiger partial charge in [0, 0.05) is 13.0 Å². The maximum atomic E-state index is 9.42. The molecule has 1 atom stereocenters. The van der Waals surface area contributed by atoms with Gasteiger partial charge in [-0.1, -0.05) is 42.5 Å². The predicted molar refractivity (Wildman–Crippen MR) is 99.7 cm³/mol. The molecule has 2 aromatic rings. The third kappa shape index (κ3) is 4.51. The van der Waals surface area contributed by atoms with Crippen LogP contribution in [-0.4, -0.2) is 30.3 Å². The van der Waals surface area contributed by atoms with Crippen LogP contribution in [0.3, 0.4) is 0 Å². The van der Waals surface area contributed by atoms with E-state index in [-0.39, 0.29) is 12.7 Å². The number of guanidine groups is 1. The number of ether oxygens (including phenoxy) is 1. The summed E-state index contributed by atoms with van der Waals surface area (Å²) in [6.07, 6.45) is 1.03. The number of rotatable bonds is 6. The SMILES string of the molecule is CCNC(=NCc1ccccc1CO)NCC1Cc2ccccc2O1. The molecule has 0 spiro atoms. The molecule has 0 radical (unpaired) electrons. The molecular weight excluding hydrogens is 314 g/mol. The summed E-state index contributed by atoms with van der Waals surface area (Å²) in [4.78, 5) is 4.63. The minimum atomic E-state index is 0.0316. The van der Waals surface area contributed by atoms with Crippen molar-refractivity contribution in [3.8, 4) is 5.75 Å². The van der Waals surface area contributed by atoms with E-state index in [1.807, 2.05) is 49.4 Å². The molecule has 2 aromatic carbocycles. The van der Waals surface area contributed by atoms with E-state index in [9.17, 15) is 5.11 Å². The first-order valence-corrected chi connectivity index (χ1v) is 8.74. The van der Waals surface area contributed by atoms with Gasteiger partial charge in [-0.05, 0) is 29.7 Å². The van der Waals surface area contributed by atoms with Crippen LogP contribution in [0.1, 0.15) is 23.6 Å². The van der Waals surface area contributed by atoms with Gasteiger partial charge in [0.1, 0.15) is 11.9 Å². The lowest BCUT2D eigenvalue weighted by Gasteiger charge is -2.15. The summed E-state index contributed by atoms with van der Waals surface area (Å²) >= 11 is 0. The van der Waals surface area contributed by atoms with Gasteiger partial charge in [-0.15, -0.1) is 0 Å². The second-order valence-corrected chi connectivity index (χ2v) is 6.05. The minimum Gasteiger partial charge on any atom is -0.488 e. The fourth-order valence-corrected chi connectivity index (χ4v) is 2.95. The summed E-state index contributed by atoms with van der Waals surface area (Å²) in [5.41, 5.74) is 3.21. The summed E-state index contributed by atoms with van der Waals surface area (Å²) in [5, 5.41) is 16.0. The number of hydrogen-bond acceptors (Lipinski definition) is 3. The zero-order valence-corrected chi connectivity index (χ0v) is 14.5. The molecule has 1 aliphatic rings. The molecule has 0 aliphatic carbocycles. The summed E-state index contributed by atoms with van der Waals surface area (Å²) in [6.45, 7) is 4.09. The summed E-state index contributed by atoms with van der Waals surface area (Å²) in [5.74, 6) is 1.74. The lowest BCUT2D eigenvalue weighted by molar-refractivity contribution is 0.235. The van der Waals surface area contributed by atoms with E-state index in [1.54, 1.807) is 0 Å². The Morgan fingerprint density at radius 3 is 2.64 bits per heavy atom. The third-order valence-electron chi connectivity index (χ3n) is 4.25. The molecule has 0 saturated heterocycles. The molecule has 0 saturated carbocycles. The summed E-state index contributed by atoms with van der Waals surface area (Å²) in [7, 11) is 0. The van der Waals surface area contributed by atoms with Gasteiger partial charge in [-0.2, -0.15) is 0 Å². The molecule has 3 rings (SSSR count). The highest BCUT2D eigenvalue weighted by Crippen LogP contribution is 2.27. The number of fused-ring (bicyclic) bond motifs is 1. The first-order valence-electron chi connectivity index (χ1n) is 8.74. The van der Waals surface area contributed by atoms with Crippen LogP contribution in [0.2, 0.25) is 0 Å². The Kier molecular flexibility index (Phi) is 5.90. The lowest BCUT2D eigenvalue weighted by Crippen LogP contribution is -2.42. The van der Waals surface area contributed by atoms with E-state index in [2.05, 4.69) is 21.7 Å². The first-order chi connectivity index (χ1) is 12.3. The van der Waals surface area contributed by atoms with Crippen molar-refractivity contribution in [1.29, 1.82) is 0 Å². The lowest BCUT2D eigenvalue weighted by atomic mass is 10.1. The largest absolute Gasteiger partial charge is 0.488 e. The summed E-state index contributed by atoms with van der Waals surface area (Å²) < 4.78 is 5.96. The first kappa shape index (κ1) is 17.3. The molecule has 132 valence electrons. The van der Waals surface area contributed by atoms with Gasteiger partial charge in [-0.3, -0.25) is 0 Å². The van der Waals surface area contributed by atoms with Crippen molar-refractivity contribution in [2.24, 2.45) is 4.99 Å². The monoisotopic (exact) mass is 339 g/mol. The zero-order valence-electron chi connectivity index (χ0n) is 14.5. The highest BCUT2D eigenvalue weighted by atomic mass is 16.5. The quantitative estimate of drug-likeness (QED) is 0.558.